The van der Waals surface area contributed by atoms with E-state index in [9.17, 15) is 4.79 Å². The molecule has 1 aromatic heterocycles. The Hall–Kier alpha value is -2.30. The van der Waals surface area contributed by atoms with Gasteiger partial charge in [-0.3, -0.25) is 4.79 Å². The number of aromatic nitrogens is 1. The molecular weight excluding hydrogens is 292 g/mol. The summed E-state index contributed by atoms with van der Waals surface area (Å²) in [6.45, 7) is 2.06. The van der Waals surface area contributed by atoms with Crippen molar-refractivity contribution < 1.29 is 14.1 Å². The van der Waals surface area contributed by atoms with Gasteiger partial charge in [0.05, 0.1) is 18.8 Å². The van der Waals surface area contributed by atoms with Crippen molar-refractivity contribution >= 4 is 5.91 Å². The molecule has 1 heterocycles. The van der Waals surface area contributed by atoms with E-state index in [-0.39, 0.29) is 11.9 Å². The lowest BCUT2D eigenvalue weighted by Gasteiger charge is -2.27. The second-order valence-electron chi connectivity index (χ2n) is 5.87. The summed E-state index contributed by atoms with van der Waals surface area (Å²) in [4.78, 5) is 12.6. The number of amides is 1. The van der Waals surface area contributed by atoms with Crippen LogP contribution in [0.25, 0.3) is 0 Å². The number of fused-ring (bicyclic) bond motifs is 1. The fraction of sp³-hybridized carbons (Fsp3) is 0.444. The molecule has 5 heteroatoms. The van der Waals surface area contributed by atoms with Crippen LogP contribution < -0.4 is 10.1 Å². The van der Waals surface area contributed by atoms with Crippen molar-refractivity contribution in [2.24, 2.45) is 0 Å². The van der Waals surface area contributed by atoms with Gasteiger partial charge in [0.1, 0.15) is 17.6 Å². The van der Waals surface area contributed by atoms with Gasteiger partial charge in [-0.15, -0.1) is 0 Å². The summed E-state index contributed by atoms with van der Waals surface area (Å²) in [5, 5.41) is 7.07. The SMILES string of the molecule is CCCc1nocc1C(=O)N[C@@H]1CCCc2c(OC)cccc21. The zero-order valence-corrected chi connectivity index (χ0v) is 13.6. The third-order valence-electron chi connectivity index (χ3n) is 4.37. The summed E-state index contributed by atoms with van der Waals surface area (Å²) >= 11 is 0. The van der Waals surface area contributed by atoms with Gasteiger partial charge in [0.25, 0.3) is 5.91 Å². The Balaban J connectivity index is 1.82. The first-order valence-corrected chi connectivity index (χ1v) is 8.14. The molecule has 0 saturated heterocycles. The first kappa shape index (κ1) is 15.6. The predicted octanol–water partition coefficient (Wildman–Crippen LogP) is 3.44. The van der Waals surface area contributed by atoms with Crippen molar-refractivity contribution in [3.63, 3.8) is 0 Å². The fourth-order valence-electron chi connectivity index (χ4n) is 3.25. The zero-order valence-electron chi connectivity index (χ0n) is 13.6. The van der Waals surface area contributed by atoms with Crippen LogP contribution in [0.1, 0.15) is 59.4 Å². The summed E-state index contributed by atoms with van der Waals surface area (Å²) in [6, 6.07) is 6.03. The molecule has 5 nitrogen and oxygen atoms in total. The summed E-state index contributed by atoms with van der Waals surface area (Å²) < 4.78 is 10.4. The van der Waals surface area contributed by atoms with Gasteiger partial charge in [0.15, 0.2) is 0 Å². The molecule has 0 aliphatic heterocycles. The lowest BCUT2D eigenvalue weighted by atomic mass is 9.87. The van der Waals surface area contributed by atoms with Gasteiger partial charge in [-0.25, -0.2) is 0 Å². The van der Waals surface area contributed by atoms with Crippen LogP contribution in [0.5, 0.6) is 5.75 Å². The highest BCUT2D eigenvalue weighted by molar-refractivity contribution is 5.95. The molecule has 0 spiro atoms. The number of rotatable bonds is 5. The molecule has 122 valence electrons. The number of hydrogen-bond acceptors (Lipinski definition) is 4. The highest BCUT2D eigenvalue weighted by atomic mass is 16.5. The standard InChI is InChI=1S/C18H22N2O3/c1-3-6-16-14(11-23-20-16)18(21)19-15-9-4-8-13-12(15)7-5-10-17(13)22-2/h5,7,10-11,15H,3-4,6,8-9H2,1-2H3,(H,19,21)/t15-/m1/s1. The van der Waals surface area contributed by atoms with Crippen LogP contribution in [0.4, 0.5) is 0 Å². The Kier molecular flexibility index (Phi) is 4.65. The Morgan fingerprint density at radius 1 is 1.48 bits per heavy atom. The van der Waals surface area contributed by atoms with E-state index < -0.39 is 0 Å². The lowest BCUT2D eigenvalue weighted by Crippen LogP contribution is -2.31. The highest BCUT2D eigenvalue weighted by Gasteiger charge is 2.26. The molecular formula is C18H22N2O3. The van der Waals surface area contributed by atoms with Crippen LogP contribution in [0.15, 0.2) is 29.0 Å². The van der Waals surface area contributed by atoms with Crippen LogP contribution in [-0.4, -0.2) is 18.2 Å². The minimum Gasteiger partial charge on any atom is -0.496 e. The van der Waals surface area contributed by atoms with E-state index in [0.29, 0.717) is 5.56 Å². The zero-order chi connectivity index (χ0) is 16.2. The second kappa shape index (κ2) is 6.86. The van der Waals surface area contributed by atoms with Gasteiger partial charge < -0.3 is 14.6 Å². The molecule has 0 fully saturated rings. The molecule has 1 aromatic carbocycles. The molecule has 1 amide bonds. The minimum absolute atomic E-state index is 0.00530. The minimum atomic E-state index is -0.115. The average Bonchev–Trinajstić information content (AvgIpc) is 3.03. The van der Waals surface area contributed by atoms with Crippen molar-refractivity contribution in [2.75, 3.05) is 7.11 Å². The molecule has 0 bridgehead atoms. The molecule has 0 saturated carbocycles. The quantitative estimate of drug-likeness (QED) is 0.918. The van der Waals surface area contributed by atoms with E-state index in [1.165, 1.54) is 11.8 Å². The van der Waals surface area contributed by atoms with Crippen LogP contribution in [-0.2, 0) is 12.8 Å². The van der Waals surface area contributed by atoms with E-state index in [0.717, 1.165) is 49.1 Å². The second-order valence-corrected chi connectivity index (χ2v) is 5.87. The van der Waals surface area contributed by atoms with Gasteiger partial charge in [0.2, 0.25) is 0 Å². The van der Waals surface area contributed by atoms with E-state index in [2.05, 4.69) is 23.5 Å². The van der Waals surface area contributed by atoms with Gasteiger partial charge in [-0.05, 0) is 42.9 Å². The fourth-order valence-corrected chi connectivity index (χ4v) is 3.25. The van der Waals surface area contributed by atoms with Crippen molar-refractivity contribution in [2.45, 2.75) is 45.1 Å². The van der Waals surface area contributed by atoms with Crippen LogP contribution >= 0.6 is 0 Å². The predicted molar refractivity (Wildman–Crippen MR) is 86.6 cm³/mol. The Labute approximate surface area is 136 Å². The summed E-state index contributed by atoms with van der Waals surface area (Å²) in [6.07, 6.45) is 6.06. The third kappa shape index (κ3) is 3.09. The molecule has 3 rings (SSSR count). The molecule has 1 aliphatic rings. The van der Waals surface area contributed by atoms with Crippen molar-refractivity contribution in [1.29, 1.82) is 0 Å². The van der Waals surface area contributed by atoms with Gasteiger partial charge in [0, 0.05) is 0 Å². The van der Waals surface area contributed by atoms with E-state index in [4.69, 9.17) is 9.26 Å². The van der Waals surface area contributed by atoms with E-state index in [1.54, 1.807) is 7.11 Å². The molecule has 1 aliphatic carbocycles. The van der Waals surface area contributed by atoms with Crippen molar-refractivity contribution in [3.05, 3.63) is 46.8 Å². The van der Waals surface area contributed by atoms with Gasteiger partial charge in [-0.2, -0.15) is 0 Å². The molecule has 0 unspecified atom stereocenters. The smallest absolute Gasteiger partial charge is 0.257 e. The first-order valence-electron chi connectivity index (χ1n) is 8.14. The third-order valence-corrected chi connectivity index (χ3v) is 4.37. The van der Waals surface area contributed by atoms with E-state index in [1.807, 2.05) is 12.1 Å². The highest BCUT2D eigenvalue weighted by Crippen LogP contribution is 2.35. The number of nitrogens with zero attached hydrogens (tertiary/aromatic N) is 1. The number of carbonyl (C=O) groups is 1. The molecule has 2 aromatic rings. The topological polar surface area (TPSA) is 64.4 Å². The van der Waals surface area contributed by atoms with Crippen LogP contribution in [0.2, 0.25) is 0 Å². The molecule has 1 N–H and O–H groups in total. The van der Waals surface area contributed by atoms with Crippen LogP contribution in [0, 0.1) is 0 Å². The maximum absolute atomic E-state index is 12.6. The number of methoxy groups -OCH3 is 1. The number of nitrogens with one attached hydrogen (secondary N) is 1. The molecule has 0 radical (unpaired) electrons. The average molecular weight is 314 g/mol. The summed E-state index contributed by atoms with van der Waals surface area (Å²) in [5.41, 5.74) is 3.62. The normalized spacial score (nSPS) is 16.7. The van der Waals surface area contributed by atoms with Crippen molar-refractivity contribution in [3.8, 4) is 5.75 Å². The van der Waals surface area contributed by atoms with E-state index >= 15 is 0 Å². The molecule has 1 atom stereocenters. The number of carbonyl (C=O) groups excluding carboxylic acids is 1. The lowest BCUT2D eigenvalue weighted by molar-refractivity contribution is 0.0931. The largest absolute Gasteiger partial charge is 0.496 e. The molecule has 23 heavy (non-hydrogen) atoms. The summed E-state index contributed by atoms with van der Waals surface area (Å²) in [5.74, 6) is 0.786. The Bertz CT molecular complexity index is 693. The Morgan fingerprint density at radius 3 is 3.13 bits per heavy atom. The Morgan fingerprint density at radius 2 is 2.35 bits per heavy atom. The van der Waals surface area contributed by atoms with Gasteiger partial charge in [-0.1, -0.05) is 30.6 Å². The number of hydrogen-bond donors (Lipinski definition) is 1. The number of aryl methyl sites for hydroxylation is 1. The summed E-state index contributed by atoms with van der Waals surface area (Å²) in [7, 11) is 1.69. The van der Waals surface area contributed by atoms with Crippen LogP contribution in [0.3, 0.4) is 0 Å². The monoisotopic (exact) mass is 314 g/mol. The van der Waals surface area contributed by atoms with Gasteiger partial charge >= 0.3 is 0 Å². The number of ether oxygens (including phenoxy) is 1. The maximum Gasteiger partial charge on any atom is 0.257 e. The first-order chi connectivity index (χ1) is 11.2. The maximum atomic E-state index is 12.6. The number of benzene rings is 1. The van der Waals surface area contributed by atoms with Crippen molar-refractivity contribution in [1.82, 2.24) is 10.5 Å².